The quantitative estimate of drug-likeness (QED) is 0.578. The summed E-state index contributed by atoms with van der Waals surface area (Å²) in [7, 11) is 1.88. The summed E-state index contributed by atoms with van der Waals surface area (Å²) in [5.74, 6) is 0.816. The highest BCUT2D eigenvalue weighted by Gasteiger charge is 2.28. The van der Waals surface area contributed by atoms with Crippen molar-refractivity contribution in [3.05, 3.63) is 35.7 Å². The third-order valence-corrected chi connectivity index (χ3v) is 5.52. The Morgan fingerprint density at radius 3 is 2.68 bits per heavy atom. The standard InChI is InChI=1S/C20H28N6O2/c1-25-11-17(18(21)28)19(22-13-4-5-13)24-20(25)23-14-6-8-15(9-7-14)26-10-2-3-16(26)12-27/h6-9,13,16,22,27H,2-5,10-12H2,1H3,(H2,21,28)(H,23,24)/t16-/m0/s1. The van der Waals surface area contributed by atoms with Crippen LogP contribution in [0.5, 0.6) is 0 Å². The average molecular weight is 384 g/mol. The number of amides is 1. The van der Waals surface area contributed by atoms with Crippen LogP contribution in [0, 0.1) is 0 Å². The summed E-state index contributed by atoms with van der Waals surface area (Å²) in [5.41, 5.74) is 8.09. The maximum Gasteiger partial charge on any atom is 0.250 e. The molecule has 1 aromatic carbocycles. The minimum absolute atomic E-state index is 0.187. The molecule has 1 atom stereocenters. The van der Waals surface area contributed by atoms with Crippen LogP contribution in [-0.2, 0) is 4.79 Å². The van der Waals surface area contributed by atoms with Crippen molar-refractivity contribution in [1.82, 2.24) is 10.2 Å². The lowest BCUT2D eigenvalue weighted by atomic mass is 10.2. The van der Waals surface area contributed by atoms with E-state index in [1.165, 1.54) is 0 Å². The van der Waals surface area contributed by atoms with Crippen LogP contribution in [0.1, 0.15) is 25.7 Å². The summed E-state index contributed by atoms with van der Waals surface area (Å²) >= 11 is 0. The average Bonchev–Trinajstić information content (AvgIpc) is 3.37. The predicted octanol–water partition coefficient (Wildman–Crippen LogP) is 0.810. The minimum Gasteiger partial charge on any atom is -0.394 e. The molecule has 1 aromatic rings. The van der Waals surface area contributed by atoms with Crippen molar-refractivity contribution in [2.24, 2.45) is 10.7 Å². The number of hydrogen-bond acceptors (Lipinski definition) is 7. The molecule has 0 spiro atoms. The van der Waals surface area contributed by atoms with E-state index in [4.69, 9.17) is 5.73 Å². The number of rotatable bonds is 6. The van der Waals surface area contributed by atoms with E-state index in [0.29, 0.717) is 29.9 Å². The highest BCUT2D eigenvalue weighted by atomic mass is 16.3. The van der Waals surface area contributed by atoms with Gasteiger partial charge in [0.2, 0.25) is 11.9 Å². The van der Waals surface area contributed by atoms with Crippen molar-refractivity contribution in [3.8, 4) is 0 Å². The Balaban J connectivity index is 1.50. The third kappa shape index (κ3) is 3.91. The Morgan fingerprint density at radius 1 is 1.29 bits per heavy atom. The highest BCUT2D eigenvalue weighted by Crippen LogP contribution is 2.27. The van der Waals surface area contributed by atoms with Gasteiger partial charge in [-0.1, -0.05) is 0 Å². The molecule has 0 bridgehead atoms. The number of anilines is 2. The summed E-state index contributed by atoms with van der Waals surface area (Å²) < 4.78 is 0. The number of carbonyl (C=O) groups excluding carboxylic acids is 1. The Morgan fingerprint density at radius 2 is 2.04 bits per heavy atom. The van der Waals surface area contributed by atoms with Crippen molar-refractivity contribution in [1.29, 1.82) is 0 Å². The third-order valence-electron chi connectivity index (χ3n) is 5.52. The molecule has 1 aliphatic carbocycles. The van der Waals surface area contributed by atoms with Gasteiger partial charge in [-0.25, -0.2) is 0 Å². The van der Waals surface area contributed by atoms with E-state index in [1.54, 1.807) is 0 Å². The van der Waals surface area contributed by atoms with E-state index in [9.17, 15) is 9.90 Å². The number of likely N-dealkylation sites (N-methyl/N-ethyl adjacent to an activating group) is 1. The number of nitrogens with one attached hydrogen (secondary N) is 2. The maximum atomic E-state index is 11.8. The normalized spacial score (nSPS) is 22.4. The first-order valence-electron chi connectivity index (χ1n) is 9.89. The summed E-state index contributed by atoms with van der Waals surface area (Å²) in [6.45, 7) is 1.58. The fourth-order valence-electron chi connectivity index (χ4n) is 3.73. The number of aliphatic hydroxyl groups is 1. The van der Waals surface area contributed by atoms with Gasteiger partial charge in [0.25, 0.3) is 0 Å². The number of carbonyl (C=O) groups is 1. The molecule has 3 aliphatic rings. The van der Waals surface area contributed by atoms with Crippen LogP contribution in [-0.4, -0.2) is 60.7 Å². The molecule has 4 rings (SSSR count). The Hall–Kier alpha value is -2.74. The number of hydrogen-bond donors (Lipinski definition) is 4. The van der Waals surface area contributed by atoms with Crippen molar-refractivity contribution >= 4 is 23.2 Å². The molecule has 2 fully saturated rings. The topological polar surface area (TPSA) is 106 Å². The molecule has 1 amide bonds. The first kappa shape index (κ1) is 18.6. The van der Waals surface area contributed by atoms with Gasteiger partial charge in [0.1, 0.15) is 5.82 Å². The van der Waals surface area contributed by atoms with Gasteiger partial charge in [-0.2, -0.15) is 4.99 Å². The van der Waals surface area contributed by atoms with Crippen LogP contribution in [0.3, 0.4) is 0 Å². The molecule has 0 radical (unpaired) electrons. The predicted molar refractivity (Wildman–Crippen MR) is 110 cm³/mol. The van der Waals surface area contributed by atoms with Crippen LogP contribution in [0.2, 0.25) is 0 Å². The van der Waals surface area contributed by atoms with E-state index in [-0.39, 0.29) is 12.6 Å². The maximum absolute atomic E-state index is 11.8. The summed E-state index contributed by atoms with van der Waals surface area (Å²) in [6, 6.07) is 8.75. The molecule has 1 saturated carbocycles. The molecule has 0 unspecified atom stereocenters. The van der Waals surface area contributed by atoms with E-state index in [1.807, 2.05) is 24.1 Å². The van der Waals surface area contributed by atoms with Gasteiger partial charge in [-0.3, -0.25) is 4.79 Å². The monoisotopic (exact) mass is 384 g/mol. The zero-order chi connectivity index (χ0) is 19.7. The second kappa shape index (κ2) is 7.71. The highest BCUT2D eigenvalue weighted by molar-refractivity contribution is 6.00. The summed E-state index contributed by atoms with van der Waals surface area (Å²) in [5, 5.41) is 16.2. The fourth-order valence-corrected chi connectivity index (χ4v) is 3.73. The second-order valence-corrected chi connectivity index (χ2v) is 7.75. The van der Waals surface area contributed by atoms with E-state index in [2.05, 4.69) is 32.7 Å². The molecule has 2 aliphatic heterocycles. The lowest BCUT2D eigenvalue weighted by Crippen LogP contribution is -2.42. The van der Waals surface area contributed by atoms with E-state index >= 15 is 0 Å². The van der Waals surface area contributed by atoms with Gasteiger partial charge < -0.3 is 31.3 Å². The number of nitrogens with two attached hydrogens (primary N) is 1. The molecule has 8 heteroatoms. The molecule has 2 heterocycles. The van der Waals surface area contributed by atoms with E-state index < -0.39 is 5.91 Å². The van der Waals surface area contributed by atoms with Gasteiger partial charge in [-0.15, -0.1) is 0 Å². The van der Waals surface area contributed by atoms with Gasteiger partial charge in [0, 0.05) is 31.0 Å². The van der Waals surface area contributed by atoms with Crippen molar-refractivity contribution in [2.45, 2.75) is 37.8 Å². The number of aliphatic hydroxyl groups excluding tert-OH is 1. The van der Waals surface area contributed by atoms with E-state index in [0.717, 1.165) is 43.6 Å². The Bertz CT molecular complexity index is 799. The van der Waals surface area contributed by atoms with Gasteiger partial charge >= 0.3 is 0 Å². The Kier molecular flexibility index (Phi) is 5.13. The van der Waals surface area contributed by atoms with Crippen molar-refractivity contribution < 1.29 is 9.90 Å². The fraction of sp³-hybridized carbons (Fsp3) is 0.500. The van der Waals surface area contributed by atoms with Crippen LogP contribution in [0.25, 0.3) is 0 Å². The van der Waals surface area contributed by atoms with Gasteiger partial charge in [-0.05, 0) is 49.9 Å². The molecule has 150 valence electrons. The first-order chi connectivity index (χ1) is 13.5. The second-order valence-electron chi connectivity index (χ2n) is 7.75. The minimum atomic E-state index is -0.439. The molecule has 1 saturated heterocycles. The van der Waals surface area contributed by atoms with Crippen LogP contribution in [0.4, 0.5) is 11.4 Å². The zero-order valence-electron chi connectivity index (χ0n) is 16.2. The number of primary amides is 1. The number of guanidine groups is 1. The van der Waals surface area contributed by atoms with Crippen molar-refractivity contribution in [3.63, 3.8) is 0 Å². The number of benzene rings is 1. The van der Waals surface area contributed by atoms with Gasteiger partial charge in [0.15, 0.2) is 0 Å². The molecule has 28 heavy (non-hydrogen) atoms. The smallest absolute Gasteiger partial charge is 0.250 e. The van der Waals surface area contributed by atoms with Crippen LogP contribution < -0.4 is 21.3 Å². The largest absolute Gasteiger partial charge is 0.394 e. The molecule has 5 N–H and O–H groups in total. The first-order valence-corrected chi connectivity index (χ1v) is 9.89. The molecular weight excluding hydrogens is 356 g/mol. The lowest BCUT2D eigenvalue weighted by Gasteiger charge is -2.29. The van der Waals surface area contributed by atoms with Crippen molar-refractivity contribution in [2.75, 3.05) is 37.0 Å². The summed E-state index contributed by atoms with van der Waals surface area (Å²) in [6.07, 6.45) is 4.33. The SMILES string of the molecule is CN1CC(C(N)=O)=C(NC2CC2)N=C1Nc1ccc(N2CCC[C@H]2CO)cc1. The zero-order valence-corrected chi connectivity index (χ0v) is 16.2. The number of nitrogens with zero attached hydrogens (tertiary/aromatic N) is 3. The number of aliphatic imine (C=N–C) groups is 1. The Labute approximate surface area is 165 Å². The van der Waals surface area contributed by atoms with Crippen LogP contribution >= 0.6 is 0 Å². The van der Waals surface area contributed by atoms with Gasteiger partial charge in [0.05, 0.1) is 24.8 Å². The molecular formula is C20H28N6O2. The van der Waals surface area contributed by atoms with Crippen LogP contribution in [0.15, 0.2) is 40.7 Å². The molecule has 0 aromatic heterocycles. The molecule has 8 nitrogen and oxygen atoms in total. The lowest BCUT2D eigenvalue weighted by molar-refractivity contribution is -0.114. The summed E-state index contributed by atoms with van der Waals surface area (Å²) in [4.78, 5) is 20.5.